The van der Waals surface area contributed by atoms with Crippen LogP contribution in [0.2, 0.25) is 0 Å². The molecule has 1 atom stereocenters. The van der Waals surface area contributed by atoms with Gasteiger partial charge in [-0.25, -0.2) is 0 Å². The third-order valence-electron chi connectivity index (χ3n) is 4.47. The van der Waals surface area contributed by atoms with Gasteiger partial charge in [-0.3, -0.25) is 9.78 Å². The lowest BCUT2D eigenvalue weighted by molar-refractivity contribution is -0.136. The van der Waals surface area contributed by atoms with Gasteiger partial charge in [0.25, 0.3) is 5.91 Å². The third kappa shape index (κ3) is 4.03. The van der Waals surface area contributed by atoms with Crippen LogP contribution < -0.4 is 9.47 Å². The zero-order valence-electron chi connectivity index (χ0n) is 16.1. The zero-order valence-corrected chi connectivity index (χ0v) is 16.1. The van der Waals surface area contributed by atoms with Gasteiger partial charge in [0.05, 0.1) is 7.11 Å². The maximum Gasteiger partial charge on any atom is 0.263 e. The molecular weight excluding hydrogens is 340 g/mol. The van der Waals surface area contributed by atoms with Crippen LogP contribution in [-0.2, 0) is 4.79 Å². The fourth-order valence-corrected chi connectivity index (χ4v) is 3.05. The van der Waals surface area contributed by atoms with Crippen molar-refractivity contribution < 1.29 is 14.3 Å². The van der Waals surface area contributed by atoms with Crippen LogP contribution >= 0.6 is 0 Å². The largest absolute Gasteiger partial charge is 0.497 e. The summed E-state index contributed by atoms with van der Waals surface area (Å²) in [6.45, 7) is 1.94. The number of aromatic nitrogens is 1. The van der Waals surface area contributed by atoms with Crippen LogP contribution in [0.5, 0.6) is 11.5 Å². The molecule has 5 nitrogen and oxygen atoms in total. The molecule has 1 heterocycles. The van der Waals surface area contributed by atoms with Gasteiger partial charge in [0.2, 0.25) is 0 Å². The number of benzene rings is 2. The number of fused-ring (bicyclic) bond motifs is 1. The van der Waals surface area contributed by atoms with Crippen molar-refractivity contribution in [2.45, 2.75) is 19.4 Å². The minimum Gasteiger partial charge on any atom is -0.497 e. The Hall–Kier alpha value is -3.08. The van der Waals surface area contributed by atoms with Gasteiger partial charge >= 0.3 is 0 Å². The second-order valence-corrected chi connectivity index (χ2v) is 6.55. The Labute approximate surface area is 159 Å². The van der Waals surface area contributed by atoms with Gasteiger partial charge in [0.1, 0.15) is 11.5 Å². The second kappa shape index (κ2) is 8.08. The molecule has 0 aliphatic carbocycles. The van der Waals surface area contributed by atoms with Crippen molar-refractivity contribution in [3.05, 3.63) is 54.9 Å². The molecule has 3 rings (SSSR count). The maximum absolute atomic E-state index is 12.3. The van der Waals surface area contributed by atoms with Crippen molar-refractivity contribution in [2.24, 2.45) is 0 Å². The first-order chi connectivity index (χ1) is 13.0. The molecule has 0 spiro atoms. The topological polar surface area (TPSA) is 51.7 Å². The highest BCUT2D eigenvalue weighted by Gasteiger charge is 2.21. The Morgan fingerprint density at radius 1 is 1.15 bits per heavy atom. The summed E-state index contributed by atoms with van der Waals surface area (Å²) in [5.74, 6) is 1.23. The molecule has 0 fully saturated rings. The molecule has 1 amide bonds. The molecule has 0 saturated heterocycles. The Kier molecular flexibility index (Phi) is 5.60. The highest BCUT2D eigenvalue weighted by Crippen LogP contribution is 2.34. The summed E-state index contributed by atoms with van der Waals surface area (Å²) < 4.78 is 11.5. The average molecular weight is 364 g/mol. The van der Waals surface area contributed by atoms with E-state index in [2.05, 4.69) is 11.1 Å². The first kappa shape index (κ1) is 18.7. The number of likely N-dealkylation sites (N-methyl/N-ethyl adjacent to an activating group) is 1. The number of hydrogen-bond acceptors (Lipinski definition) is 4. The molecule has 27 heavy (non-hydrogen) atoms. The van der Waals surface area contributed by atoms with E-state index < -0.39 is 6.10 Å². The van der Waals surface area contributed by atoms with E-state index in [0.29, 0.717) is 17.9 Å². The Balaban J connectivity index is 2.05. The lowest BCUT2D eigenvalue weighted by atomic mass is 9.99. The van der Waals surface area contributed by atoms with Crippen LogP contribution in [0.3, 0.4) is 0 Å². The van der Waals surface area contributed by atoms with Crippen molar-refractivity contribution in [3.63, 3.8) is 0 Å². The number of methoxy groups -OCH3 is 1. The van der Waals surface area contributed by atoms with E-state index in [1.54, 1.807) is 32.3 Å². The summed E-state index contributed by atoms with van der Waals surface area (Å²) in [5, 5.41) is 2.16. The van der Waals surface area contributed by atoms with Crippen molar-refractivity contribution in [2.75, 3.05) is 21.2 Å². The van der Waals surface area contributed by atoms with Crippen LogP contribution in [0.4, 0.5) is 0 Å². The Morgan fingerprint density at radius 3 is 2.63 bits per heavy atom. The lowest BCUT2D eigenvalue weighted by Crippen LogP contribution is -2.37. The van der Waals surface area contributed by atoms with Crippen molar-refractivity contribution in [1.82, 2.24) is 9.88 Å². The minimum absolute atomic E-state index is 0.0573. The molecule has 0 N–H and O–H groups in total. The normalized spacial score (nSPS) is 11.9. The number of pyridine rings is 1. The summed E-state index contributed by atoms with van der Waals surface area (Å²) in [6.07, 6.45) is 3.69. The van der Waals surface area contributed by atoms with E-state index in [0.717, 1.165) is 21.9 Å². The highest BCUT2D eigenvalue weighted by molar-refractivity contribution is 5.96. The van der Waals surface area contributed by atoms with Crippen LogP contribution in [0.15, 0.2) is 54.9 Å². The van der Waals surface area contributed by atoms with E-state index in [1.807, 2.05) is 49.5 Å². The zero-order chi connectivity index (χ0) is 19.4. The molecule has 1 unspecified atom stereocenters. The molecule has 0 saturated carbocycles. The van der Waals surface area contributed by atoms with Crippen molar-refractivity contribution in [3.8, 4) is 22.6 Å². The number of nitrogens with zero attached hydrogens (tertiary/aromatic N) is 2. The van der Waals surface area contributed by atoms with Gasteiger partial charge in [-0.15, -0.1) is 0 Å². The number of carbonyl (C=O) groups is 1. The second-order valence-electron chi connectivity index (χ2n) is 6.55. The van der Waals surface area contributed by atoms with E-state index >= 15 is 0 Å². The van der Waals surface area contributed by atoms with E-state index in [-0.39, 0.29) is 5.91 Å². The highest BCUT2D eigenvalue weighted by atomic mass is 16.5. The van der Waals surface area contributed by atoms with Gasteiger partial charge in [0, 0.05) is 37.9 Å². The first-order valence-corrected chi connectivity index (χ1v) is 8.93. The van der Waals surface area contributed by atoms with Crippen molar-refractivity contribution >= 4 is 16.7 Å². The molecule has 0 bridgehead atoms. The van der Waals surface area contributed by atoms with Crippen LogP contribution in [0.25, 0.3) is 21.9 Å². The summed E-state index contributed by atoms with van der Waals surface area (Å²) in [4.78, 5) is 18.1. The molecule has 5 heteroatoms. The summed E-state index contributed by atoms with van der Waals surface area (Å²) in [6, 6.07) is 13.8. The molecule has 2 aromatic carbocycles. The van der Waals surface area contributed by atoms with Gasteiger partial charge in [-0.2, -0.15) is 0 Å². The monoisotopic (exact) mass is 364 g/mol. The fourth-order valence-electron chi connectivity index (χ4n) is 3.05. The summed E-state index contributed by atoms with van der Waals surface area (Å²) in [5.41, 5.74) is 2.03. The predicted octanol–water partition coefficient (Wildman–Crippen LogP) is 4.16. The van der Waals surface area contributed by atoms with Crippen LogP contribution in [0, 0.1) is 0 Å². The SMILES string of the molecule is CCC(Oc1cc(OC)cc(-c2cccc3cnccc23)c1)C(=O)N(C)C. The first-order valence-electron chi connectivity index (χ1n) is 8.93. The molecule has 0 aliphatic heterocycles. The lowest BCUT2D eigenvalue weighted by Gasteiger charge is -2.21. The summed E-state index contributed by atoms with van der Waals surface area (Å²) in [7, 11) is 5.09. The van der Waals surface area contributed by atoms with Gasteiger partial charge in [-0.1, -0.05) is 25.1 Å². The van der Waals surface area contributed by atoms with Gasteiger partial charge < -0.3 is 14.4 Å². The predicted molar refractivity (Wildman–Crippen MR) is 107 cm³/mol. The molecular formula is C22H24N2O3. The Morgan fingerprint density at radius 2 is 1.93 bits per heavy atom. The number of rotatable bonds is 6. The Bertz CT molecular complexity index is 948. The van der Waals surface area contributed by atoms with Crippen LogP contribution in [0.1, 0.15) is 13.3 Å². The van der Waals surface area contributed by atoms with Crippen LogP contribution in [-0.4, -0.2) is 43.1 Å². The molecule has 1 aromatic heterocycles. The van der Waals surface area contributed by atoms with Gasteiger partial charge in [0.15, 0.2) is 6.10 Å². The molecule has 140 valence electrons. The van der Waals surface area contributed by atoms with E-state index in [9.17, 15) is 4.79 Å². The quantitative estimate of drug-likeness (QED) is 0.659. The molecule has 3 aromatic rings. The number of ether oxygens (including phenoxy) is 2. The van der Waals surface area contributed by atoms with E-state index in [4.69, 9.17) is 9.47 Å². The number of amides is 1. The average Bonchev–Trinajstić information content (AvgIpc) is 2.70. The minimum atomic E-state index is -0.531. The summed E-state index contributed by atoms with van der Waals surface area (Å²) >= 11 is 0. The third-order valence-corrected chi connectivity index (χ3v) is 4.47. The number of carbonyl (C=O) groups excluding carboxylic acids is 1. The molecule has 0 aliphatic rings. The van der Waals surface area contributed by atoms with Gasteiger partial charge in [-0.05, 0) is 41.1 Å². The molecule has 0 radical (unpaired) electrons. The fraction of sp³-hybridized carbons (Fsp3) is 0.273. The number of hydrogen-bond donors (Lipinski definition) is 0. The smallest absolute Gasteiger partial charge is 0.263 e. The van der Waals surface area contributed by atoms with Crippen molar-refractivity contribution in [1.29, 1.82) is 0 Å². The standard InChI is InChI=1S/C22H24N2O3/c1-5-21(22(25)24(2)3)27-18-12-16(11-17(13-18)26-4)19-8-6-7-15-14-23-10-9-20(15)19/h6-14,21H,5H2,1-4H3. The van der Waals surface area contributed by atoms with E-state index in [1.165, 1.54) is 0 Å². The maximum atomic E-state index is 12.3.